The maximum Gasteiger partial charge on any atom is 0.340 e. The minimum Gasteiger partial charge on any atom is -0.477 e. The lowest BCUT2D eigenvalue weighted by Crippen LogP contribution is -2.35. The minimum absolute atomic E-state index is 0. The Bertz CT molecular complexity index is 822. The topological polar surface area (TPSA) is 65.1 Å². The van der Waals surface area contributed by atoms with Crippen LogP contribution in [-0.2, 0) is 23.8 Å². The number of allylic oxidation sites excluding steroid dienone is 1. The molecule has 160 valence electrons. The number of nitrogens with zero attached hydrogens (tertiary/aromatic N) is 1. The number of esters is 2. The third kappa shape index (κ3) is 5.18. The molecule has 1 heterocycles. The number of methoxy groups -OCH3 is 1. The molecule has 1 aliphatic rings. The van der Waals surface area contributed by atoms with Gasteiger partial charge in [0.15, 0.2) is 0 Å². The molecule has 0 fully saturated rings. The van der Waals surface area contributed by atoms with E-state index in [1.165, 1.54) is 7.11 Å². The van der Waals surface area contributed by atoms with E-state index in [1.807, 2.05) is 0 Å². The van der Waals surface area contributed by atoms with E-state index < -0.39 is 17.9 Å². The van der Waals surface area contributed by atoms with Crippen LogP contribution in [0.2, 0.25) is 5.02 Å². The van der Waals surface area contributed by atoms with Gasteiger partial charge in [-0.1, -0.05) is 29.8 Å². The highest BCUT2D eigenvalue weighted by atomic mass is 35.5. The van der Waals surface area contributed by atoms with Gasteiger partial charge in [0.1, 0.15) is 12.2 Å². The normalized spacial score (nSPS) is 16.3. The molecule has 1 aliphatic heterocycles. The van der Waals surface area contributed by atoms with Gasteiger partial charge in [0.05, 0.1) is 31.1 Å². The van der Waals surface area contributed by atoms with Crippen LogP contribution in [0.1, 0.15) is 25.3 Å². The molecule has 0 radical (unpaired) electrons. The molecule has 1 atom stereocenters. The Labute approximate surface area is 186 Å². The maximum atomic E-state index is 12.8. The van der Waals surface area contributed by atoms with Crippen molar-refractivity contribution in [3.05, 3.63) is 57.6 Å². The quantitative estimate of drug-likeness (QED) is 0.443. The van der Waals surface area contributed by atoms with Gasteiger partial charge in [-0.2, -0.15) is 0 Å². The second-order valence-electron chi connectivity index (χ2n) is 5.98. The number of carbonyl (C=O) groups is 2. The molecule has 0 aliphatic carbocycles. The molecular formula is C20H24Cl3NO5. The fourth-order valence-corrected chi connectivity index (χ4v) is 3.43. The van der Waals surface area contributed by atoms with Crippen molar-refractivity contribution in [3.63, 3.8) is 0 Å². The zero-order chi connectivity index (χ0) is 20.8. The Kier molecular flexibility index (Phi) is 9.83. The van der Waals surface area contributed by atoms with E-state index in [0.29, 0.717) is 21.9 Å². The highest BCUT2D eigenvalue weighted by Gasteiger charge is 2.42. The predicted molar refractivity (Wildman–Crippen MR) is 114 cm³/mol. The predicted octanol–water partition coefficient (Wildman–Crippen LogP) is 4.27. The number of benzene rings is 1. The first-order valence-corrected chi connectivity index (χ1v) is 9.67. The maximum absolute atomic E-state index is 12.8. The molecule has 6 nitrogen and oxygen atoms in total. The molecule has 0 bridgehead atoms. The molecule has 0 saturated carbocycles. The van der Waals surface area contributed by atoms with Crippen molar-refractivity contribution >= 4 is 47.5 Å². The van der Waals surface area contributed by atoms with Gasteiger partial charge in [-0.3, -0.25) is 0 Å². The molecule has 1 unspecified atom stereocenters. The molecule has 0 spiro atoms. The Morgan fingerprint density at radius 2 is 1.83 bits per heavy atom. The molecule has 0 aromatic heterocycles. The van der Waals surface area contributed by atoms with E-state index in [-0.39, 0.29) is 43.0 Å². The van der Waals surface area contributed by atoms with Crippen LogP contribution in [0.3, 0.4) is 0 Å². The van der Waals surface area contributed by atoms with Crippen LogP contribution in [-0.4, -0.2) is 50.1 Å². The van der Waals surface area contributed by atoms with E-state index in [9.17, 15) is 9.59 Å². The largest absolute Gasteiger partial charge is 0.477 e. The number of halogens is 3. The smallest absolute Gasteiger partial charge is 0.340 e. The molecule has 9 heteroatoms. The molecule has 1 aromatic carbocycles. The summed E-state index contributed by atoms with van der Waals surface area (Å²) in [5, 5.41) is 0.407. The van der Waals surface area contributed by atoms with Gasteiger partial charge >= 0.3 is 11.9 Å². The monoisotopic (exact) mass is 463 g/mol. The zero-order valence-electron chi connectivity index (χ0n) is 16.7. The summed E-state index contributed by atoms with van der Waals surface area (Å²) in [6, 6.07) is 7.01. The number of alkyl halides is 1. The molecule has 29 heavy (non-hydrogen) atoms. The minimum atomic E-state index is -0.804. The summed E-state index contributed by atoms with van der Waals surface area (Å²) >= 11 is 12.2. The SMILES string of the molecule is CCOC(=O)C1=C(C)N(C)C(OCCCl)=C(C(=O)OC)C1c1ccccc1Cl.Cl. The van der Waals surface area contributed by atoms with Crippen molar-refractivity contribution in [2.75, 3.05) is 33.3 Å². The second kappa shape index (κ2) is 11.3. The van der Waals surface area contributed by atoms with E-state index in [1.54, 1.807) is 50.1 Å². The molecule has 0 saturated heterocycles. The van der Waals surface area contributed by atoms with Crippen molar-refractivity contribution in [1.82, 2.24) is 4.90 Å². The molecular weight excluding hydrogens is 441 g/mol. The van der Waals surface area contributed by atoms with Crippen molar-refractivity contribution in [1.29, 1.82) is 0 Å². The second-order valence-corrected chi connectivity index (χ2v) is 6.77. The van der Waals surface area contributed by atoms with E-state index in [2.05, 4.69) is 0 Å². The van der Waals surface area contributed by atoms with Crippen LogP contribution < -0.4 is 0 Å². The van der Waals surface area contributed by atoms with Gasteiger partial charge in [0.25, 0.3) is 0 Å². The highest BCUT2D eigenvalue weighted by Crippen LogP contribution is 2.44. The fourth-order valence-electron chi connectivity index (χ4n) is 3.11. The fraction of sp³-hybridized carbons (Fsp3) is 0.400. The van der Waals surface area contributed by atoms with E-state index >= 15 is 0 Å². The van der Waals surface area contributed by atoms with Gasteiger partial charge in [-0.05, 0) is 25.5 Å². The Morgan fingerprint density at radius 3 is 2.38 bits per heavy atom. The first-order chi connectivity index (χ1) is 13.4. The first-order valence-electron chi connectivity index (χ1n) is 8.76. The van der Waals surface area contributed by atoms with Gasteiger partial charge in [-0.25, -0.2) is 9.59 Å². The lowest BCUT2D eigenvalue weighted by atomic mass is 9.81. The van der Waals surface area contributed by atoms with Crippen LogP contribution in [0.5, 0.6) is 0 Å². The average Bonchev–Trinajstić information content (AvgIpc) is 2.68. The van der Waals surface area contributed by atoms with E-state index in [0.717, 1.165) is 0 Å². The molecule has 1 aromatic rings. The summed E-state index contributed by atoms with van der Waals surface area (Å²) in [5.41, 5.74) is 1.63. The highest BCUT2D eigenvalue weighted by molar-refractivity contribution is 6.31. The molecule has 0 N–H and O–H groups in total. The van der Waals surface area contributed by atoms with Crippen LogP contribution in [0.25, 0.3) is 0 Å². The van der Waals surface area contributed by atoms with Crippen LogP contribution in [0.4, 0.5) is 0 Å². The summed E-state index contributed by atoms with van der Waals surface area (Å²) in [7, 11) is 2.97. The third-order valence-electron chi connectivity index (χ3n) is 4.44. The Hall–Kier alpha value is -1.89. The average molecular weight is 465 g/mol. The summed E-state index contributed by atoms with van der Waals surface area (Å²) in [6.07, 6.45) is 0. The van der Waals surface area contributed by atoms with E-state index in [4.69, 9.17) is 37.4 Å². The standard InChI is InChI=1S/C20H23Cl2NO5.ClH/c1-5-27-20(25)15-12(2)23(3)18(28-11-10-21)17(19(24)26-4)16(15)13-8-6-7-9-14(13)22;/h6-9,16H,5,10-11H2,1-4H3;1H. The van der Waals surface area contributed by atoms with Crippen molar-refractivity contribution in [2.24, 2.45) is 0 Å². The number of carbonyl (C=O) groups excluding carboxylic acids is 2. The van der Waals surface area contributed by atoms with Crippen LogP contribution in [0.15, 0.2) is 47.0 Å². The Balaban J connectivity index is 0.00000420. The summed E-state index contributed by atoms with van der Waals surface area (Å²) < 4.78 is 16.0. The number of hydrogen-bond donors (Lipinski definition) is 0. The lowest BCUT2D eigenvalue weighted by Gasteiger charge is -2.36. The summed E-state index contributed by atoms with van der Waals surface area (Å²) in [5.74, 6) is -1.47. The van der Waals surface area contributed by atoms with Crippen molar-refractivity contribution < 1.29 is 23.8 Å². The zero-order valence-corrected chi connectivity index (χ0v) is 19.0. The van der Waals surface area contributed by atoms with Gasteiger partial charge in [-0.15, -0.1) is 24.0 Å². The molecule has 2 rings (SSSR count). The van der Waals surface area contributed by atoms with Gasteiger partial charge < -0.3 is 19.1 Å². The number of hydrogen-bond acceptors (Lipinski definition) is 6. The van der Waals surface area contributed by atoms with Crippen LogP contribution >= 0.6 is 35.6 Å². The van der Waals surface area contributed by atoms with Gasteiger partial charge in [0, 0.05) is 17.8 Å². The first kappa shape index (κ1) is 25.1. The Morgan fingerprint density at radius 1 is 1.17 bits per heavy atom. The van der Waals surface area contributed by atoms with Crippen molar-refractivity contribution in [2.45, 2.75) is 19.8 Å². The molecule has 0 amide bonds. The third-order valence-corrected chi connectivity index (χ3v) is 4.94. The van der Waals surface area contributed by atoms with Crippen LogP contribution in [0, 0.1) is 0 Å². The number of ether oxygens (including phenoxy) is 3. The van der Waals surface area contributed by atoms with Crippen molar-refractivity contribution in [3.8, 4) is 0 Å². The lowest BCUT2D eigenvalue weighted by molar-refractivity contribution is -0.139. The number of rotatable bonds is 7. The summed E-state index contributed by atoms with van der Waals surface area (Å²) in [6.45, 7) is 3.85. The van der Waals surface area contributed by atoms with Gasteiger partial charge in [0.2, 0.25) is 5.88 Å². The summed E-state index contributed by atoms with van der Waals surface area (Å²) in [4.78, 5) is 27.2.